The van der Waals surface area contributed by atoms with Gasteiger partial charge in [-0.1, -0.05) is 13.0 Å². The van der Waals surface area contributed by atoms with Crippen LogP contribution in [0.2, 0.25) is 0 Å². The molecule has 3 nitrogen and oxygen atoms in total. The molecule has 0 aromatic heterocycles. The third-order valence-corrected chi connectivity index (χ3v) is 3.33. The summed E-state index contributed by atoms with van der Waals surface area (Å²) in [5.74, 6) is 0.250. The molecule has 0 amide bonds. The van der Waals surface area contributed by atoms with E-state index in [1.165, 1.54) is 13.2 Å². The number of halogens is 1. The Labute approximate surface area is 121 Å². The molecule has 0 bridgehead atoms. The zero-order valence-corrected chi connectivity index (χ0v) is 13.1. The molecule has 1 N–H and O–H groups in total. The topological polar surface area (TPSA) is 30.5 Å². The fraction of sp³-hybridized carbons (Fsp3) is 0.625. The predicted octanol–water partition coefficient (Wildman–Crippen LogP) is 3.69. The van der Waals surface area contributed by atoms with Gasteiger partial charge in [0.1, 0.15) is 11.6 Å². The summed E-state index contributed by atoms with van der Waals surface area (Å²) in [5, 5.41) is 3.38. The van der Waals surface area contributed by atoms with E-state index in [1.54, 1.807) is 12.1 Å². The molecule has 1 rings (SSSR count). The Bertz CT molecular complexity index is 421. The van der Waals surface area contributed by atoms with Crippen LogP contribution in [0.1, 0.15) is 45.7 Å². The molecule has 0 aliphatic rings. The highest BCUT2D eigenvalue weighted by Crippen LogP contribution is 2.32. The van der Waals surface area contributed by atoms with Gasteiger partial charge in [-0.15, -0.1) is 0 Å². The average molecular weight is 283 g/mol. The Kier molecular flexibility index (Phi) is 6.43. The highest BCUT2D eigenvalue weighted by atomic mass is 19.1. The van der Waals surface area contributed by atoms with Crippen LogP contribution in [-0.2, 0) is 4.74 Å². The molecule has 0 aliphatic heterocycles. The van der Waals surface area contributed by atoms with E-state index in [1.807, 2.05) is 20.8 Å². The molecule has 114 valence electrons. The fourth-order valence-corrected chi connectivity index (χ4v) is 2.34. The second kappa shape index (κ2) is 7.60. The van der Waals surface area contributed by atoms with Gasteiger partial charge in [0, 0.05) is 18.2 Å². The molecule has 1 unspecified atom stereocenters. The summed E-state index contributed by atoms with van der Waals surface area (Å²) >= 11 is 0. The molecule has 0 saturated carbocycles. The molecule has 0 heterocycles. The minimum Gasteiger partial charge on any atom is -0.497 e. The van der Waals surface area contributed by atoms with Crippen LogP contribution in [0.25, 0.3) is 0 Å². The van der Waals surface area contributed by atoms with Crippen molar-refractivity contribution in [1.82, 2.24) is 5.32 Å². The van der Waals surface area contributed by atoms with Gasteiger partial charge in [0.2, 0.25) is 0 Å². The van der Waals surface area contributed by atoms with Gasteiger partial charge in [-0.25, -0.2) is 4.39 Å². The van der Waals surface area contributed by atoms with Crippen molar-refractivity contribution in [3.63, 3.8) is 0 Å². The summed E-state index contributed by atoms with van der Waals surface area (Å²) in [5.41, 5.74) is 0.122. The molecule has 0 saturated heterocycles. The number of rotatable bonds is 8. The zero-order valence-electron chi connectivity index (χ0n) is 13.1. The lowest BCUT2D eigenvalue weighted by Crippen LogP contribution is -2.42. The van der Waals surface area contributed by atoms with Gasteiger partial charge in [-0.3, -0.25) is 0 Å². The van der Waals surface area contributed by atoms with Crippen LogP contribution in [0.5, 0.6) is 5.75 Å². The van der Waals surface area contributed by atoms with Crippen molar-refractivity contribution >= 4 is 0 Å². The molecule has 0 radical (unpaired) electrons. The van der Waals surface area contributed by atoms with Crippen molar-refractivity contribution in [3.8, 4) is 5.75 Å². The van der Waals surface area contributed by atoms with Crippen LogP contribution in [0.3, 0.4) is 0 Å². The molecule has 0 aliphatic carbocycles. The Balaban J connectivity index is 3.09. The van der Waals surface area contributed by atoms with Crippen LogP contribution in [0, 0.1) is 5.82 Å². The summed E-state index contributed by atoms with van der Waals surface area (Å²) in [6, 6.07) is 4.76. The maximum absolute atomic E-state index is 14.3. The molecule has 20 heavy (non-hydrogen) atoms. The first-order valence-electron chi connectivity index (χ1n) is 7.17. The highest BCUT2D eigenvalue weighted by molar-refractivity contribution is 5.32. The maximum Gasteiger partial charge on any atom is 0.131 e. The van der Waals surface area contributed by atoms with Crippen molar-refractivity contribution in [2.75, 3.05) is 20.3 Å². The summed E-state index contributed by atoms with van der Waals surface area (Å²) in [7, 11) is 1.53. The quantitative estimate of drug-likeness (QED) is 0.789. The van der Waals surface area contributed by atoms with Gasteiger partial charge >= 0.3 is 0 Å². The van der Waals surface area contributed by atoms with Crippen molar-refractivity contribution in [2.24, 2.45) is 0 Å². The standard InChI is InChI=1S/C16H26FNO2/c1-6-10-18-15(16(3,4)20-7-2)13-9-8-12(19-5)11-14(13)17/h8-9,11,15,18H,6-7,10H2,1-5H3. The third kappa shape index (κ3) is 4.18. The predicted molar refractivity (Wildman–Crippen MR) is 79.7 cm³/mol. The maximum atomic E-state index is 14.3. The van der Waals surface area contributed by atoms with Crippen molar-refractivity contribution in [2.45, 2.75) is 45.8 Å². The molecule has 1 aromatic carbocycles. The second-order valence-corrected chi connectivity index (χ2v) is 5.31. The number of nitrogens with one attached hydrogen (secondary N) is 1. The molecular formula is C16H26FNO2. The monoisotopic (exact) mass is 283 g/mol. The SMILES string of the molecule is CCCNC(c1ccc(OC)cc1F)C(C)(C)OCC. The normalized spacial score (nSPS) is 13.3. The number of ether oxygens (including phenoxy) is 2. The summed E-state index contributed by atoms with van der Waals surface area (Å²) in [6.45, 7) is 9.40. The Morgan fingerprint density at radius 2 is 2.00 bits per heavy atom. The summed E-state index contributed by atoms with van der Waals surface area (Å²) < 4.78 is 25.2. The number of hydrogen-bond donors (Lipinski definition) is 1. The highest BCUT2D eigenvalue weighted by Gasteiger charge is 2.32. The molecular weight excluding hydrogens is 257 g/mol. The minimum atomic E-state index is -0.487. The molecule has 1 aromatic rings. The Hall–Kier alpha value is -1.13. The van der Waals surface area contributed by atoms with Gasteiger partial charge < -0.3 is 14.8 Å². The Morgan fingerprint density at radius 1 is 1.30 bits per heavy atom. The average Bonchev–Trinajstić information content (AvgIpc) is 2.40. The van der Waals surface area contributed by atoms with Gasteiger partial charge in [-0.05, 0) is 39.8 Å². The molecule has 0 spiro atoms. The summed E-state index contributed by atoms with van der Waals surface area (Å²) in [4.78, 5) is 0. The van der Waals surface area contributed by atoms with E-state index in [2.05, 4.69) is 12.2 Å². The van der Waals surface area contributed by atoms with Crippen molar-refractivity contribution in [1.29, 1.82) is 0 Å². The van der Waals surface area contributed by atoms with Crippen molar-refractivity contribution < 1.29 is 13.9 Å². The molecule has 1 atom stereocenters. The smallest absolute Gasteiger partial charge is 0.131 e. The minimum absolute atomic E-state index is 0.201. The van der Waals surface area contributed by atoms with Gasteiger partial charge in [0.25, 0.3) is 0 Å². The Morgan fingerprint density at radius 3 is 2.50 bits per heavy atom. The number of hydrogen-bond acceptors (Lipinski definition) is 3. The summed E-state index contributed by atoms with van der Waals surface area (Å²) in [6.07, 6.45) is 0.983. The lowest BCUT2D eigenvalue weighted by molar-refractivity contribution is -0.0399. The first-order chi connectivity index (χ1) is 9.46. The van der Waals surface area contributed by atoms with E-state index in [-0.39, 0.29) is 11.9 Å². The van der Waals surface area contributed by atoms with Crippen LogP contribution < -0.4 is 10.1 Å². The van der Waals surface area contributed by atoms with Gasteiger partial charge in [0.05, 0.1) is 18.8 Å². The van der Waals surface area contributed by atoms with Crippen LogP contribution in [0.4, 0.5) is 4.39 Å². The lowest BCUT2D eigenvalue weighted by Gasteiger charge is -2.35. The van der Waals surface area contributed by atoms with Crippen LogP contribution in [0.15, 0.2) is 18.2 Å². The van der Waals surface area contributed by atoms with Crippen molar-refractivity contribution in [3.05, 3.63) is 29.6 Å². The third-order valence-electron chi connectivity index (χ3n) is 3.33. The van der Waals surface area contributed by atoms with E-state index >= 15 is 0 Å². The number of methoxy groups -OCH3 is 1. The zero-order chi connectivity index (χ0) is 15.2. The molecule has 4 heteroatoms. The first kappa shape index (κ1) is 16.9. The van der Waals surface area contributed by atoms with Crippen LogP contribution in [-0.4, -0.2) is 25.9 Å². The van der Waals surface area contributed by atoms with E-state index in [0.717, 1.165) is 13.0 Å². The second-order valence-electron chi connectivity index (χ2n) is 5.31. The van der Waals surface area contributed by atoms with E-state index in [9.17, 15) is 4.39 Å². The number of benzene rings is 1. The van der Waals surface area contributed by atoms with E-state index in [0.29, 0.717) is 17.9 Å². The lowest BCUT2D eigenvalue weighted by atomic mass is 9.91. The van der Waals surface area contributed by atoms with E-state index < -0.39 is 5.60 Å². The fourth-order valence-electron chi connectivity index (χ4n) is 2.34. The van der Waals surface area contributed by atoms with Gasteiger partial charge in [-0.2, -0.15) is 0 Å². The largest absolute Gasteiger partial charge is 0.497 e. The first-order valence-corrected chi connectivity index (χ1v) is 7.17. The molecule has 0 fully saturated rings. The van der Waals surface area contributed by atoms with Gasteiger partial charge in [0.15, 0.2) is 0 Å². The van der Waals surface area contributed by atoms with E-state index in [4.69, 9.17) is 9.47 Å². The van der Waals surface area contributed by atoms with Crippen LogP contribution >= 0.6 is 0 Å².